The molecule has 0 unspecified atom stereocenters. The van der Waals surface area contributed by atoms with E-state index in [2.05, 4.69) is 10.3 Å². The Hall–Kier alpha value is -1.05. The van der Waals surface area contributed by atoms with Gasteiger partial charge in [-0.25, -0.2) is 0 Å². The fourth-order valence-electron chi connectivity index (χ4n) is 3.30. The standard InChI is InChI=1S/C18H26F3N3O.2ClH/c1-13(2)15-11-24(10-7-18(19,20)21)12-16(15)23-17(25)4-3-14-5-8-22-9-6-14;;/h5-6,8-9,13,15-16H,3-4,7,10-12H2,1-2H3,(H,23,25);2*1H/t15-,16+;;/m1../s1. The molecule has 0 spiro atoms. The lowest BCUT2D eigenvalue weighted by molar-refractivity contribution is -0.137. The molecule has 1 aliphatic heterocycles. The van der Waals surface area contributed by atoms with Gasteiger partial charge in [0.05, 0.1) is 6.42 Å². The topological polar surface area (TPSA) is 45.2 Å². The van der Waals surface area contributed by atoms with Gasteiger partial charge >= 0.3 is 6.18 Å². The summed E-state index contributed by atoms with van der Waals surface area (Å²) in [6, 6.07) is 3.66. The number of aryl methyl sites for hydroxylation is 1. The molecule has 1 fully saturated rings. The van der Waals surface area contributed by atoms with Gasteiger partial charge in [0, 0.05) is 44.5 Å². The summed E-state index contributed by atoms with van der Waals surface area (Å²) in [5.41, 5.74) is 1.05. The molecule has 2 rings (SSSR count). The predicted octanol–water partition coefficient (Wildman–Crippen LogP) is 3.88. The number of amides is 1. The van der Waals surface area contributed by atoms with E-state index in [0.29, 0.717) is 31.8 Å². The Morgan fingerprint density at radius 1 is 1.26 bits per heavy atom. The molecular weight excluding hydrogens is 402 g/mol. The van der Waals surface area contributed by atoms with E-state index in [4.69, 9.17) is 0 Å². The summed E-state index contributed by atoms with van der Waals surface area (Å²) in [6.45, 7) is 5.18. The summed E-state index contributed by atoms with van der Waals surface area (Å²) in [4.78, 5) is 18.0. The zero-order chi connectivity index (χ0) is 18.4. The van der Waals surface area contributed by atoms with E-state index in [-0.39, 0.29) is 49.2 Å². The van der Waals surface area contributed by atoms with E-state index in [9.17, 15) is 18.0 Å². The molecule has 156 valence electrons. The quantitative estimate of drug-likeness (QED) is 0.714. The third-order valence-corrected chi connectivity index (χ3v) is 4.75. The minimum absolute atomic E-state index is 0. The minimum Gasteiger partial charge on any atom is -0.352 e. The maximum Gasteiger partial charge on any atom is 0.390 e. The second-order valence-electron chi connectivity index (χ2n) is 7.06. The number of nitrogens with zero attached hydrogens (tertiary/aromatic N) is 2. The SMILES string of the molecule is CC(C)[C@H]1CN(CCC(F)(F)F)C[C@@H]1NC(=O)CCc1ccncc1.Cl.Cl. The molecule has 9 heteroatoms. The average molecular weight is 430 g/mol. The van der Waals surface area contributed by atoms with Crippen LogP contribution in [0.3, 0.4) is 0 Å². The maximum absolute atomic E-state index is 12.4. The number of carbonyl (C=O) groups is 1. The summed E-state index contributed by atoms with van der Waals surface area (Å²) < 4.78 is 37.3. The van der Waals surface area contributed by atoms with Gasteiger partial charge in [0.15, 0.2) is 0 Å². The van der Waals surface area contributed by atoms with Crippen LogP contribution < -0.4 is 5.32 Å². The van der Waals surface area contributed by atoms with Crippen molar-refractivity contribution in [3.8, 4) is 0 Å². The number of likely N-dealkylation sites (tertiary alicyclic amines) is 1. The number of aromatic nitrogens is 1. The van der Waals surface area contributed by atoms with Crippen molar-refractivity contribution in [2.75, 3.05) is 19.6 Å². The van der Waals surface area contributed by atoms with Crippen molar-refractivity contribution in [1.29, 1.82) is 0 Å². The second-order valence-corrected chi connectivity index (χ2v) is 7.06. The molecule has 4 nitrogen and oxygen atoms in total. The molecule has 1 aromatic heterocycles. The van der Waals surface area contributed by atoms with E-state index in [1.807, 2.05) is 30.9 Å². The largest absolute Gasteiger partial charge is 0.390 e. The highest BCUT2D eigenvalue weighted by molar-refractivity contribution is 5.85. The van der Waals surface area contributed by atoms with Crippen LogP contribution in [0.25, 0.3) is 0 Å². The van der Waals surface area contributed by atoms with Gasteiger partial charge in [-0.05, 0) is 36.0 Å². The van der Waals surface area contributed by atoms with Gasteiger partial charge in [0.1, 0.15) is 0 Å². The molecule has 0 aliphatic carbocycles. The third kappa shape index (κ3) is 9.12. The van der Waals surface area contributed by atoms with Gasteiger partial charge in [-0.2, -0.15) is 13.2 Å². The molecule has 1 N–H and O–H groups in total. The number of pyridine rings is 1. The predicted molar refractivity (Wildman–Crippen MR) is 104 cm³/mol. The minimum atomic E-state index is -4.14. The average Bonchev–Trinajstić information content (AvgIpc) is 2.94. The first kappa shape index (κ1) is 26.0. The number of hydrogen-bond acceptors (Lipinski definition) is 3. The van der Waals surface area contributed by atoms with Crippen molar-refractivity contribution in [2.24, 2.45) is 11.8 Å². The Morgan fingerprint density at radius 2 is 1.89 bits per heavy atom. The molecular formula is C18H28Cl2F3N3O. The Balaban J connectivity index is 0.00000338. The summed E-state index contributed by atoms with van der Waals surface area (Å²) in [7, 11) is 0. The normalized spacial score (nSPS) is 20.1. The molecule has 2 atom stereocenters. The molecule has 1 aliphatic rings. The van der Waals surface area contributed by atoms with E-state index < -0.39 is 12.6 Å². The molecule has 27 heavy (non-hydrogen) atoms. The number of nitrogens with one attached hydrogen (secondary N) is 1. The third-order valence-electron chi connectivity index (χ3n) is 4.75. The van der Waals surface area contributed by atoms with Crippen LogP contribution in [0.4, 0.5) is 13.2 Å². The molecule has 1 aromatic rings. The molecule has 2 heterocycles. The van der Waals surface area contributed by atoms with Gasteiger partial charge in [0.25, 0.3) is 0 Å². The number of alkyl halides is 3. The second kappa shape index (κ2) is 11.7. The van der Waals surface area contributed by atoms with Gasteiger partial charge in [-0.1, -0.05) is 13.8 Å². The number of rotatable bonds is 7. The van der Waals surface area contributed by atoms with Crippen molar-refractivity contribution in [2.45, 2.75) is 45.3 Å². The van der Waals surface area contributed by atoms with Crippen LogP contribution in [0.2, 0.25) is 0 Å². The van der Waals surface area contributed by atoms with E-state index >= 15 is 0 Å². The lowest BCUT2D eigenvalue weighted by Gasteiger charge is -2.23. The van der Waals surface area contributed by atoms with E-state index in [1.54, 1.807) is 12.4 Å². The number of halogens is 5. The summed E-state index contributed by atoms with van der Waals surface area (Å²) in [6.07, 6.45) is -0.562. The van der Waals surface area contributed by atoms with E-state index in [1.165, 1.54) is 0 Å². The molecule has 0 saturated carbocycles. The zero-order valence-electron chi connectivity index (χ0n) is 15.5. The number of hydrogen-bond donors (Lipinski definition) is 1. The van der Waals surface area contributed by atoms with Crippen molar-refractivity contribution in [3.63, 3.8) is 0 Å². The van der Waals surface area contributed by atoms with Crippen molar-refractivity contribution in [1.82, 2.24) is 15.2 Å². The van der Waals surface area contributed by atoms with Gasteiger partial charge in [0.2, 0.25) is 5.91 Å². The Kier molecular flexibility index (Phi) is 11.3. The smallest absolute Gasteiger partial charge is 0.352 e. The molecule has 1 saturated heterocycles. The lowest BCUT2D eigenvalue weighted by Crippen LogP contribution is -2.42. The first-order chi connectivity index (χ1) is 11.7. The van der Waals surface area contributed by atoms with Crippen LogP contribution in [0.15, 0.2) is 24.5 Å². The highest BCUT2D eigenvalue weighted by Gasteiger charge is 2.37. The zero-order valence-corrected chi connectivity index (χ0v) is 17.2. The molecule has 0 bridgehead atoms. The Morgan fingerprint density at radius 3 is 2.44 bits per heavy atom. The van der Waals surface area contributed by atoms with Crippen LogP contribution in [0, 0.1) is 11.8 Å². The van der Waals surface area contributed by atoms with Crippen LogP contribution >= 0.6 is 24.8 Å². The highest BCUT2D eigenvalue weighted by atomic mass is 35.5. The van der Waals surface area contributed by atoms with Crippen LogP contribution in [0.1, 0.15) is 32.3 Å². The van der Waals surface area contributed by atoms with Crippen LogP contribution in [-0.2, 0) is 11.2 Å². The Bertz CT molecular complexity index is 559. The Labute approximate surface area is 171 Å². The van der Waals surface area contributed by atoms with Crippen molar-refractivity contribution < 1.29 is 18.0 Å². The van der Waals surface area contributed by atoms with Crippen LogP contribution in [-0.4, -0.2) is 47.6 Å². The van der Waals surface area contributed by atoms with Gasteiger partial charge in [-0.15, -0.1) is 24.8 Å². The first-order valence-electron chi connectivity index (χ1n) is 8.72. The summed E-state index contributed by atoms with van der Waals surface area (Å²) in [5.74, 6) is 0.435. The van der Waals surface area contributed by atoms with Crippen LogP contribution in [0.5, 0.6) is 0 Å². The molecule has 0 aromatic carbocycles. The fourth-order valence-corrected chi connectivity index (χ4v) is 3.30. The maximum atomic E-state index is 12.4. The number of carbonyl (C=O) groups excluding carboxylic acids is 1. The van der Waals surface area contributed by atoms with Crippen molar-refractivity contribution in [3.05, 3.63) is 30.1 Å². The van der Waals surface area contributed by atoms with Crippen molar-refractivity contribution >= 4 is 30.7 Å². The highest BCUT2D eigenvalue weighted by Crippen LogP contribution is 2.27. The lowest BCUT2D eigenvalue weighted by atomic mass is 9.91. The van der Waals surface area contributed by atoms with Gasteiger partial charge < -0.3 is 10.2 Å². The molecule has 1 amide bonds. The first-order valence-corrected chi connectivity index (χ1v) is 8.72. The summed E-state index contributed by atoms with van der Waals surface area (Å²) >= 11 is 0. The summed E-state index contributed by atoms with van der Waals surface area (Å²) in [5, 5.41) is 3.03. The molecule has 0 radical (unpaired) electrons. The fraction of sp³-hybridized carbons (Fsp3) is 0.667. The van der Waals surface area contributed by atoms with Gasteiger partial charge in [-0.3, -0.25) is 9.78 Å². The monoisotopic (exact) mass is 429 g/mol. The van der Waals surface area contributed by atoms with E-state index in [0.717, 1.165) is 5.56 Å².